The van der Waals surface area contributed by atoms with Crippen molar-refractivity contribution in [1.82, 2.24) is 19.6 Å². The average molecular weight is 488 g/mol. The molecule has 2 heterocycles. The van der Waals surface area contributed by atoms with Gasteiger partial charge in [0.25, 0.3) is 0 Å². The van der Waals surface area contributed by atoms with Gasteiger partial charge in [0, 0.05) is 6.20 Å². The summed E-state index contributed by atoms with van der Waals surface area (Å²) in [6, 6.07) is 5.27. The predicted molar refractivity (Wildman–Crippen MR) is 108 cm³/mol. The molecule has 0 saturated heterocycles. The van der Waals surface area contributed by atoms with E-state index in [0.29, 0.717) is 26.9 Å². The van der Waals surface area contributed by atoms with Crippen LogP contribution in [0.4, 0.5) is 11.5 Å². The Morgan fingerprint density at radius 2 is 2.00 bits per heavy atom. The van der Waals surface area contributed by atoms with Crippen molar-refractivity contribution < 1.29 is 9.72 Å². The van der Waals surface area contributed by atoms with Crippen LogP contribution in [0.5, 0.6) is 0 Å². The summed E-state index contributed by atoms with van der Waals surface area (Å²) in [7, 11) is 0. The summed E-state index contributed by atoms with van der Waals surface area (Å²) < 4.78 is 3.43. The molecule has 28 heavy (non-hydrogen) atoms. The number of rotatable bonds is 6. The number of anilines is 1. The lowest BCUT2D eigenvalue weighted by atomic mass is 10.2. The molecule has 1 N–H and O–H groups in total. The zero-order valence-corrected chi connectivity index (χ0v) is 17.5. The summed E-state index contributed by atoms with van der Waals surface area (Å²) in [5.74, 6) is -0.0960. The maximum Gasteiger partial charge on any atom is 0.309 e. The molecule has 0 atom stereocenters. The molecule has 0 aliphatic rings. The molecule has 146 valence electrons. The van der Waals surface area contributed by atoms with Crippen molar-refractivity contribution >= 4 is 56.5 Å². The van der Waals surface area contributed by atoms with Gasteiger partial charge in [-0.2, -0.15) is 10.2 Å². The second kappa shape index (κ2) is 8.29. The van der Waals surface area contributed by atoms with Crippen LogP contribution in [0.3, 0.4) is 0 Å². The fourth-order valence-corrected chi connectivity index (χ4v) is 3.21. The van der Waals surface area contributed by atoms with Crippen LogP contribution in [0.2, 0.25) is 10.0 Å². The molecule has 0 bridgehead atoms. The van der Waals surface area contributed by atoms with Crippen molar-refractivity contribution in [2.24, 2.45) is 0 Å². The normalized spacial score (nSPS) is 10.9. The smallest absolute Gasteiger partial charge is 0.307 e. The van der Waals surface area contributed by atoms with E-state index in [1.165, 1.54) is 17.8 Å². The highest BCUT2D eigenvalue weighted by Crippen LogP contribution is 2.25. The first-order valence-electron chi connectivity index (χ1n) is 7.88. The number of aryl methyl sites for hydroxylation is 1. The third-order valence-electron chi connectivity index (χ3n) is 3.73. The molecule has 0 fully saturated rings. The number of nitro groups is 1. The van der Waals surface area contributed by atoms with Gasteiger partial charge in [0.2, 0.25) is 5.91 Å². The quantitative estimate of drug-likeness (QED) is 0.416. The SMILES string of the molecule is Cc1nn(CC(=O)Nc2nn(Cc3ccc(Cl)c(Cl)c3)cc2Br)cc1[N+](=O)[O-]. The fraction of sp³-hybridized carbons (Fsp3) is 0.188. The number of nitrogens with zero attached hydrogens (tertiary/aromatic N) is 5. The number of amides is 1. The molecule has 0 aliphatic carbocycles. The van der Waals surface area contributed by atoms with Gasteiger partial charge in [-0.1, -0.05) is 29.3 Å². The van der Waals surface area contributed by atoms with E-state index >= 15 is 0 Å². The Kier molecular flexibility index (Phi) is 6.01. The Morgan fingerprint density at radius 3 is 2.64 bits per heavy atom. The molecule has 2 aromatic heterocycles. The number of carbonyl (C=O) groups is 1. The van der Waals surface area contributed by atoms with Gasteiger partial charge in [-0.15, -0.1) is 0 Å². The van der Waals surface area contributed by atoms with Gasteiger partial charge < -0.3 is 5.32 Å². The highest BCUT2D eigenvalue weighted by Gasteiger charge is 2.17. The van der Waals surface area contributed by atoms with E-state index in [1.807, 2.05) is 6.07 Å². The van der Waals surface area contributed by atoms with Gasteiger partial charge in [0.1, 0.15) is 18.4 Å². The zero-order chi connectivity index (χ0) is 20.4. The summed E-state index contributed by atoms with van der Waals surface area (Å²) in [5, 5.41) is 22.7. The van der Waals surface area contributed by atoms with Gasteiger partial charge in [0.15, 0.2) is 5.82 Å². The molecular formula is C16H13BrCl2N6O3. The van der Waals surface area contributed by atoms with Crippen LogP contribution in [0.1, 0.15) is 11.3 Å². The number of hydrogen-bond donors (Lipinski definition) is 1. The van der Waals surface area contributed by atoms with Crippen molar-refractivity contribution in [2.75, 3.05) is 5.32 Å². The molecule has 0 spiro atoms. The highest BCUT2D eigenvalue weighted by atomic mass is 79.9. The number of hydrogen-bond acceptors (Lipinski definition) is 5. The summed E-state index contributed by atoms with van der Waals surface area (Å²) in [4.78, 5) is 22.6. The lowest BCUT2D eigenvalue weighted by Gasteiger charge is -2.04. The molecule has 9 nitrogen and oxygen atoms in total. The monoisotopic (exact) mass is 486 g/mol. The van der Waals surface area contributed by atoms with Crippen molar-refractivity contribution in [3.63, 3.8) is 0 Å². The lowest BCUT2D eigenvalue weighted by Crippen LogP contribution is -2.19. The van der Waals surface area contributed by atoms with Crippen molar-refractivity contribution in [2.45, 2.75) is 20.0 Å². The van der Waals surface area contributed by atoms with Gasteiger partial charge in [-0.3, -0.25) is 24.3 Å². The van der Waals surface area contributed by atoms with E-state index in [-0.39, 0.29) is 17.9 Å². The van der Waals surface area contributed by atoms with Gasteiger partial charge in [-0.25, -0.2) is 0 Å². The molecule has 3 aromatic rings. The number of carbonyl (C=O) groups excluding carboxylic acids is 1. The van der Waals surface area contributed by atoms with Crippen molar-refractivity contribution in [3.8, 4) is 0 Å². The Balaban J connectivity index is 1.67. The maximum atomic E-state index is 12.2. The number of benzene rings is 1. The lowest BCUT2D eigenvalue weighted by molar-refractivity contribution is -0.385. The van der Waals surface area contributed by atoms with E-state index < -0.39 is 10.8 Å². The molecule has 0 radical (unpaired) electrons. The third-order valence-corrected chi connectivity index (χ3v) is 5.05. The molecule has 3 rings (SSSR count). The fourth-order valence-electron chi connectivity index (χ4n) is 2.47. The molecule has 12 heteroatoms. The van der Waals surface area contributed by atoms with Crippen LogP contribution in [0.15, 0.2) is 35.1 Å². The summed E-state index contributed by atoms with van der Waals surface area (Å²) in [6.45, 7) is 1.75. The van der Waals surface area contributed by atoms with Crippen molar-refractivity contribution in [1.29, 1.82) is 0 Å². The number of halogens is 3. The second-order valence-corrected chi connectivity index (χ2v) is 7.54. The van der Waals surface area contributed by atoms with E-state index in [1.54, 1.807) is 23.0 Å². The minimum atomic E-state index is -0.544. The average Bonchev–Trinajstić information content (AvgIpc) is 3.13. The van der Waals surface area contributed by atoms with Crippen LogP contribution in [-0.4, -0.2) is 30.4 Å². The zero-order valence-electron chi connectivity index (χ0n) is 14.4. The number of aromatic nitrogens is 4. The first kappa shape index (κ1) is 20.3. The number of nitrogens with one attached hydrogen (secondary N) is 1. The molecule has 1 amide bonds. The molecule has 0 saturated carbocycles. The highest BCUT2D eigenvalue weighted by molar-refractivity contribution is 9.10. The standard InChI is InChI=1S/C16H13BrCl2N6O3/c1-9-14(25(27)28)7-24(21-9)8-15(26)20-16-11(17)6-23(22-16)5-10-2-3-12(18)13(19)4-10/h2-4,6-7H,5,8H2,1H3,(H,20,22,26). The first-order valence-corrected chi connectivity index (χ1v) is 9.43. The first-order chi connectivity index (χ1) is 13.2. The molecule has 0 aliphatic heterocycles. The van der Waals surface area contributed by atoms with E-state index in [0.717, 1.165) is 5.56 Å². The van der Waals surface area contributed by atoms with Crippen LogP contribution in [0, 0.1) is 17.0 Å². The van der Waals surface area contributed by atoms with Gasteiger partial charge in [-0.05, 0) is 40.5 Å². The Labute approximate surface area is 177 Å². The molecule has 1 aromatic carbocycles. The topological polar surface area (TPSA) is 108 Å². The Hall–Kier alpha value is -2.43. The van der Waals surface area contributed by atoms with Gasteiger partial charge >= 0.3 is 5.69 Å². The molecular weight excluding hydrogens is 475 g/mol. The molecule has 0 unspecified atom stereocenters. The summed E-state index contributed by atoms with van der Waals surface area (Å²) in [5.41, 5.74) is 0.992. The van der Waals surface area contributed by atoms with E-state index in [9.17, 15) is 14.9 Å². The van der Waals surface area contributed by atoms with Gasteiger partial charge in [0.05, 0.1) is 26.0 Å². The van der Waals surface area contributed by atoms with E-state index in [2.05, 4.69) is 31.4 Å². The largest absolute Gasteiger partial charge is 0.309 e. The second-order valence-electron chi connectivity index (χ2n) is 5.87. The maximum absolute atomic E-state index is 12.2. The van der Waals surface area contributed by atoms with Crippen LogP contribution in [0.25, 0.3) is 0 Å². The minimum absolute atomic E-state index is 0.139. The summed E-state index contributed by atoms with van der Waals surface area (Å²) >= 11 is 15.3. The van der Waals surface area contributed by atoms with Crippen molar-refractivity contribution in [3.05, 3.63) is 66.5 Å². The van der Waals surface area contributed by atoms with Crippen LogP contribution >= 0.6 is 39.1 Å². The predicted octanol–water partition coefficient (Wildman–Crippen LogP) is 4.05. The Morgan fingerprint density at radius 1 is 1.25 bits per heavy atom. The van der Waals surface area contributed by atoms with Crippen LogP contribution in [-0.2, 0) is 17.9 Å². The van der Waals surface area contributed by atoms with E-state index in [4.69, 9.17) is 23.2 Å². The third kappa shape index (κ3) is 4.70. The minimum Gasteiger partial charge on any atom is -0.307 e. The Bertz CT molecular complexity index is 1060. The summed E-state index contributed by atoms with van der Waals surface area (Å²) in [6.07, 6.45) is 2.92. The van der Waals surface area contributed by atoms with Crippen LogP contribution < -0.4 is 5.32 Å².